The Morgan fingerprint density at radius 2 is 1.48 bits per heavy atom. The lowest BCUT2D eigenvalue weighted by Gasteiger charge is -2.12. The Labute approximate surface area is 161 Å². The third-order valence-corrected chi connectivity index (χ3v) is 3.65. The Morgan fingerprint density at radius 3 is 1.86 bits per heavy atom. The second-order valence-corrected chi connectivity index (χ2v) is 6.23. The van der Waals surface area contributed by atoms with Gasteiger partial charge in [0.2, 0.25) is 0 Å². The molecule has 0 saturated carbocycles. The molecule has 0 saturated heterocycles. The van der Waals surface area contributed by atoms with Crippen LogP contribution < -0.4 is 10.6 Å². The number of rotatable bonds is 6. The number of amides is 1. The van der Waals surface area contributed by atoms with Gasteiger partial charge in [-0.05, 0) is 38.1 Å². The molecule has 12 heteroatoms. The molecule has 0 aromatic heterocycles. The third-order valence-electron chi connectivity index (χ3n) is 3.65. The normalized spacial score (nSPS) is 11.2. The van der Waals surface area contributed by atoms with Gasteiger partial charge in [0.1, 0.15) is 0 Å². The maximum absolute atomic E-state index is 12.9. The van der Waals surface area contributed by atoms with Crippen molar-refractivity contribution in [2.24, 2.45) is 0 Å². The van der Waals surface area contributed by atoms with E-state index in [1.807, 2.05) is 0 Å². The minimum atomic E-state index is -5.00. The topological polar surface area (TPSA) is 127 Å². The van der Waals surface area contributed by atoms with Crippen molar-refractivity contribution >= 4 is 28.7 Å². The molecule has 0 aliphatic rings. The van der Waals surface area contributed by atoms with Crippen LogP contribution in [0.15, 0.2) is 36.4 Å². The molecular formula is C17H15F3N4O5. The van der Waals surface area contributed by atoms with Crippen molar-refractivity contribution in [3.63, 3.8) is 0 Å². The summed E-state index contributed by atoms with van der Waals surface area (Å²) in [7, 11) is 0. The number of carbonyl (C=O) groups is 1. The van der Waals surface area contributed by atoms with Crippen molar-refractivity contribution in [1.29, 1.82) is 0 Å². The second-order valence-electron chi connectivity index (χ2n) is 6.23. The fourth-order valence-electron chi connectivity index (χ4n) is 2.39. The molecule has 0 aliphatic carbocycles. The molecule has 0 radical (unpaired) electrons. The average Bonchev–Trinajstić information content (AvgIpc) is 2.60. The molecule has 2 rings (SSSR count). The molecule has 0 fully saturated rings. The van der Waals surface area contributed by atoms with Crippen molar-refractivity contribution in [3.8, 4) is 0 Å². The van der Waals surface area contributed by atoms with Crippen molar-refractivity contribution in [2.75, 3.05) is 5.32 Å². The standard InChI is InChI=1S/C17H15F3N4O5/c1-9(2)21-16(25)10-3-5-12(6-4-10)22-15-13(23(26)27)7-11(17(18,19)20)8-14(15)24(28)29/h3-9,22H,1-2H3,(H,21,25). The Kier molecular flexibility index (Phi) is 6.05. The van der Waals surface area contributed by atoms with Crippen molar-refractivity contribution in [2.45, 2.75) is 26.1 Å². The molecule has 0 aliphatic heterocycles. The number of hydrogen-bond acceptors (Lipinski definition) is 6. The first-order valence-electron chi connectivity index (χ1n) is 8.12. The molecule has 29 heavy (non-hydrogen) atoms. The molecule has 2 aromatic carbocycles. The minimum absolute atomic E-state index is 0.108. The summed E-state index contributed by atoms with van der Waals surface area (Å²) in [5.41, 5.74) is -4.05. The van der Waals surface area contributed by atoms with Gasteiger partial charge in [-0.25, -0.2) is 0 Å². The van der Waals surface area contributed by atoms with Crippen LogP contribution in [0.3, 0.4) is 0 Å². The van der Waals surface area contributed by atoms with E-state index < -0.39 is 38.6 Å². The van der Waals surface area contributed by atoms with Gasteiger partial charge >= 0.3 is 6.18 Å². The largest absolute Gasteiger partial charge is 0.416 e. The number of nitrogens with zero attached hydrogens (tertiary/aromatic N) is 2. The van der Waals surface area contributed by atoms with Crippen LogP contribution in [-0.2, 0) is 6.18 Å². The Hall–Kier alpha value is -3.70. The number of hydrogen-bond donors (Lipinski definition) is 2. The quantitative estimate of drug-likeness (QED) is 0.535. The summed E-state index contributed by atoms with van der Waals surface area (Å²) in [6.07, 6.45) is -5.00. The monoisotopic (exact) mass is 412 g/mol. The van der Waals surface area contributed by atoms with Gasteiger partial charge in [-0.15, -0.1) is 0 Å². The van der Waals surface area contributed by atoms with Crippen LogP contribution in [0.2, 0.25) is 0 Å². The number of nitro groups is 2. The highest BCUT2D eigenvalue weighted by atomic mass is 19.4. The maximum atomic E-state index is 12.9. The Morgan fingerprint density at radius 1 is 1.00 bits per heavy atom. The van der Waals surface area contributed by atoms with Gasteiger partial charge in [-0.2, -0.15) is 13.2 Å². The van der Waals surface area contributed by atoms with Gasteiger partial charge in [0.15, 0.2) is 5.69 Å². The lowest BCUT2D eigenvalue weighted by atomic mass is 10.1. The summed E-state index contributed by atoms with van der Waals surface area (Å²) in [5.74, 6) is -0.377. The van der Waals surface area contributed by atoms with Crippen molar-refractivity contribution < 1.29 is 27.8 Å². The number of carbonyl (C=O) groups excluding carboxylic acids is 1. The van der Waals surface area contributed by atoms with Gasteiger partial charge < -0.3 is 10.6 Å². The summed E-state index contributed by atoms with van der Waals surface area (Å²) < 4.78 is 38.8. The van der Waals surface area contributed by atoms with Gasteiger partial charge in [0.05, 0.1) is 15.4 Å². The lowest BCUT2D eigenvalue weighted by molar-refractivity contribution is -0.392. The molecule has 1 amide bonds. The van der Waals surface area contributed by atoms with Crippen LogP contribution in [-0.4, -0.2) is 21.8 Å². The van der Waals surface area contributed by atoms with Crippen LogP contribution in [0.25, 0.3) is 0 Å². The van der Waals surface area contributed by atoms with Gasteiger partial charge in [-0.1, -0.05) is 0 Å². The van der Waals surface area contributed by atoms with E-state index in [4.69, 9.17) is 0 Å². The number of benzene rings is 2. The number of alkyl halides is 3. The first-order valence-corrected chi connectivity index (χ1v) is 8.12. The maximum Gasteiger partial charge on any atom is 0.416 e. The van der Waals surface area contributed by atoms with E-state index in [9.17, 15) is 38.2 Å². The molecule has 0 unspecified atom stereocenters. The minimum Gasteiger partial charge on any atom is -0.350 e. The Bertz CT molecular complexity index is 924. The predicted octanol–water partition coefficient (Wildman–Crippen LogP) is 4.40. The number of anilines is 2. The molecular weight excluding hydrogens is 397 g/mol. The summed E-state index contributed by atoms with van der Waals surface area (Å²) in [6, 6.07) is 5.70. The van der Waals surface area contributed by atoms with Gasteiger partial charge in [-0.3, -0.25) is 25.0 Å². The van der Waals surface area contributed by atoms with E-state index in [-0.39, 0.29) is 35.3 Å². The summed E-state index contributed by atoms with van der Waals surface area (Å²) in [5, 5.41) is 27.5. The van der Waals surface area contributed by atoms with Crippen molar-refractivity contribution in [1.82, 2.24) is 5.32 Å². The number of nitro benzene ring substituents is 2. The van der Waals surface area contributed by atoms with Crippen LogP contribution in [0.4, 0.5) is 35.9 Å². The molecule has 0 spiro atoms. The zero-order valence-electron chi connectivity index (χ0n) is 15.1. The molecule has 0 bridgehead atoms. The smallest absolute Gasteiger partial charge is 0.350 e. The molecule has 2 N–H and O–H groups in total. The zero-order chi connectivity index (χ0) is 21.9. The third kappa shape index (κ3) is 5.18. The fourth-order valence-corrected chi connectivity index (χ4v) is 2.39. The zero-order valence-corrected chi connectivity index (χ0v) is 15.1. The van der Waals surface area contributed by atoms with E-state index in [2.05, 4.69) is 10.6 Å². The number of halogens is 3. The van der Waals surface area contributed by atoms with E-state index >= 15 is 0 Å². The molecule has 0 atom stereocenters. The van der Waals surface area contributed by atoms with Gasteiger partial charge in [0, 0.05) is 29.4 Å². The van der Waals surface area contributed by atoms with Crippen LogP contribution >= 0.6 is 0 Å². The highest BCUT2D eigenvalue weighted by molar-refractivity contribution is 5.94. The molecule has 9 nitrogen and oxygen atoms in total. The predicted molar refractivity (Wildman–Crippen MR) is 97.1 cm³/mol. The van der Waals surface area contributed by atoms with E-state index in [0.717, 1.165) is 0 Å². The Balaban J connectivity index is 2.47. The SMILES string of the molecule is CC(C)NC(=O)c1ccc(Nc2c([N+](=O)[O-])cc(C(F)(F)F)cc2[N+](=O)[O-])cc1. The first-order chi connectivity index (χ1) is 13.4. The first kappa shape index (κ1) is 21.6. The molecule has 0 heterocycles. The van der Waals surface area contributed by atoms with Crippen molar-refractivity contribution in [3.05, 3.63) is 67.8 Å². The number of nitrogens with one attached hydrogen (secondary N) is 2. The lowest BCUT2D eigenvalue weighted by Crippen LogP contribution is -2.29. The summed E-state index contributed by atoms with van der Waals surface area (Å²) in [4.78, 5) is 32.1. The second kappa shape index (κ2) is 8.12. The van der Waals surface area contributed by atoms with E-state index in [1.165, 1.54) is 24.3 Å². The van der Waals surface area contributed by atoms with Crippen LogP contribution in [0.5, 0.6) is 0 Å². The molecule has 154 valence electrons. The highest BCUT2D eigenvalue weighted by Crippen LogP contribution is 2.42. The van der Waals surface area contributed by atoms with E-state index in [0.29, 0.717) is 0 Å². The van der Waals surface area contributed by atoms with Crippen LogP contribution in [0, 0.1) is 20.2 Å². The van der Waals surface area contributed by atoms with Gasteiger partial charge in [0.25, 0.3) is 17.3 Å². The summed E-state index contributed by atoms with van der Waals surface area (Å²) >= 11 is 0. The summed E-state index contributed by atoms with van der Waals surface area (Å²) in [6.45, 7) is 3.52. The average molecular weight is 412 g/mol. The highest BCUT2D eigenvalue weighted by Gasteiger charge is 2.37. The van der Waals surface area contributed by atoms with Crippen LogP contribution in [0.1, 0.15) is 29.8 Å². The molecule has 2 aromatic rings. The fraction of sp³-hybridized carbons (Fsp3) is 0.235. The van der Waals surface area contributed by atoms with E-state index in [1.54, 1.807) is 13.8 Å².